The predicted molar refractivity (Wildman–Crippen MR) is 114 cm³/mol. The van der Waals surface area contributed by atoms with Crippen molar-refractivity contribution in [2.75, 3.05) is 25.0 Å². The predicted octanol–water partition coefficient (Wildman–Crippen LogP) is 2.87. The van der Waals surface area contributed by atoms with E-state index in [1.54, 1.807) is 24.3 Å². The molecule has 2 aliphatic rings. The molecule has 8 heteroatoms. The van der Waals surface area contributed by atoms with E-state index in [-0.39, 0.29) is 12.5 Å². The summed E-state index contributed by atoms with van der Waals surface area (Å²) in [7, 11) is 0. The molecule has 156 valence electrons. The Morgan fingerprint density at radius 1 is 1.10 bits per heavy atom. The number of para-hydroxylation sites is 1. The van der Waals surface area contributed by atoms with Gasteiger partial charge in [0.2, 0.25) is 5.91 Å². The molecule has 0 saturated carbocycles. The van der Waals surface area contributed by atoms with Gasteiger partial charge in [-0.3, -0.25) is 19.4 Å². The fourth-order valence-corrected chi connectivity index (χ4v) is 4.30. The number of piperidine rings is 1. The Balaban J connectivity index is 1.42. The average molecular weight is 427 g/mol. The first-order valence-corrected chi connectivity index (χ1v) is 10.3. The maximum atomic E-state index is 13.2. The summed E-state index contributed by atoms with van der Waals surface area (Å²) in [6.07, 6.45) is 1.35. The summed E-state index contributed by atoms with van der Waals surface area (Å²) in [5.74, 6) is -0.819. The van der Waals surface area contributed by atoms with E-state index in [4.69, 9.17) is 11.6 Å². The monoisotopic (exact) mass is 426 g/mol. The number of benzene rings is 2. The van der Waals surface area contributed by atoms with Crippen LogP contribution in [0.5, 0.6) is 0 Å². The highest BCUT2D eigenvalue weighted by Crippen LogP contribution is 2.29. The van der Waals surface area contributed by atoms with Crippen molar-refractivity contribution in [1.29, 1.82) is 0 Å². The lowest BCUT2D eigenvalue weighted by Crippen LogP contribution is -2.58. The van der Waals surface area contributed by atoms with E-state index in [0.29, 0.717) is 30.2 Å². The van der Waals surface area contributed by atoms with Gasteiger partial charge in [0.05, 0.1) is 10.7 Å². The van der Waals surface area contributed by atoms with Crippen LogP contribution in [-0.2, 0) is 16.1 Å². The fraction of sp³-hybridized carbons (Fsp3) is 0.318. The van der Waals surface area contributed by atoms with Gasteiger partial charge < -0.3 is 10.6 Å². The maximum absolute atomic E-state index is 13.2. The molecule has 2 aromatic rings. The quantitative estimate of drug-likeness (QED) is 0.720. The zero-order chi connectivity index (χ0) is 21.1. The number of nitrogens with zero attached hydrogens (tertiary/aromatic N) is 2. The number of carbonyl (C=O) groups excluding carboxylic acids is 3. The summed E-state index contributed by atoms with van der Waals surface area (Å²) in [6, 6.07) is 16.3. The molecular formula is C22H23ClN4O3. The summed E-state index contributed by atoms with van der Waals surface area (Å²) in [5, 5.41) is 5.90. The number of carbonyl (C=O) groups is 3. The number of rotatable bonds is 5. The van der Waals surface area contributed by atoms with Crippen molar-refractivity contribution in [2.24, 2.45) is 0 Å². The van der Waals surface area contributed by atoms with Crippen LogP contribution in [0.2, 0.25) is 5.02 Å². The summed E-state index contributed by atoms with van der Waals surface area (Å²) >= 11 is 6.06. The minimum Gasteiger partial charge on any atom is -0.323 e. The van der Waals surface area contributed by atoms with Crippen LogP contribution in [0.25, 0.3) is 0 Å². The lowest BCUT2D eigenvalue weighted by Gasteiger charge is -2.38. The molecule has 0 aromatic heterocycles. The number of hydrogen-bond donors (Lipinski definition) is 2. The third-order valence-electron chi connectivity index (χ3n) is 5.52. The van der Waals surface area contributed by atoms with Crippen molar-refractivity contribution in [3.8, 4) is 0 Å². The van der Waals surface area contributed by atoms with E-state index in [2.05, 4.69) is 15.5 Å². The SMILES string of the molecule is O=C(CN1C(=O)NC2(CCCN(Cc3ccccc3)C2)C1=O)Nc1ccccc1Cl. The maximum Gasteiger partial charge on any atom is 0.325 e. The third-order valence-corrected chi connectivity index (χ3v) is 5.85. The number of amides is 4. The molecule has 0 aliphatic carbocycles. The van der Waals surface area contributed by atoms with Gasteiger partial charge in [-0.15, -0.1) is 0 Å². The van der Waals surface area contributed by atoms with E-state index in [9.17, 15) is 14.4 Å². The van der Waals surface area contributed by atoms with Gasteiger partial charge in [-0.1, -0.05) is 54.1 Å². The van der Waals surface area contributed by atoms with Crippen molar-refractivity contribution >= 4 is 35.1 Å². The molecule has 2 fully saturated rings. The standard InChI is InChI=1S/C22H23ClN4O3/c23-17-9-4-5-10-18(17)24-19(28)14-27-20(29)22(25-21(27)30)11-6-12-26(15-22)13-16-7-2-1-3-8-16/h1-5,7-10H,6,11-15H2,(H,24,28)(H,25,30). The number of nitrogens with one attached hydrogen (secondary N) is 2. The number of urea groups is 1. The van der Waals surface area contributed by atoms with E-state index in [1.807, 2.05) is 30.3 Å². The minimum absolute atomic E-state index is 0.348. The second-order valence-electron chi connectivity index (χ2n) is 7.73. The van der Waals surface area contributed by atoms with Crippen molar-refractivity contribution < 1.29 is 14.4 Å². The molecule has 1 unspecified atom stereocenters. The van der Waals surface area contributed by atoms with E-state index in [1.165, 1.54) is 0 Å². The molecule has 2 aromatic carbocycles. The van der Waals surface area contributed by atoms with Crippen LogP contribution in [0.15, 0.2) is 54.6 Å². The van der Waals surface area contributed by atoms with Gasteiger partial charge in [0.15, 0.2) is 0 Å². The molecule has 0 radical (unpaired) electrons. The second-order valence-corrected chi connectivity index (χ2v) is 8.14. The molecule has 4 rings (SSSR count). The van der Waals surface area contributed by atoms with Crippen LogP contribution in [0.4, 0.5) is 10.5 Å². The Morgan fingerprint density at radius 3 is 2.60 bits per heavy atom. The van der Waals surface area contributed by atoms with E-state index < -0.39 is 17.5 Å². The largest absolute Gasteiger partial charge is 0.325 e. The van der Waals surface area contributed by atoms with Gasteiger partial charge in [-0.05, 0) is 37.1 Å². The number of hydrogen-bond acceptors (Lipinski definition) is 4. The third kappa shape index (κ3) is 4.17. The summed E-state index contributed by atoms with van der Waals surface area (Å²) < 4.78 is 0. The molecule has 1 atom stereocenters. The van der Waals surface area contributed by atoms with Crippen LogP contribution in [0.3, 0.4) is 0 Å². The fourth-order valence-electron chi connectivity index (χ4n) is 4.11. The van der Waals surface area contributed by atoms with Gasteiger partial charge in [0.1, 0.15) is 12.1 Å². The van der Waals surface area contributed by atoms with Gasteiger partial charge in [-0.25, -0.2) is 4.79 Å². The highest BCUT2D eigenvalue weighted by atomic mass is 35.5. The first kappa shape index (κ1) is 20.4. The minimum atomic E-state index is -0.977. The summed E-state index contributed by atoms with van der Waals surface area (Å²) in [6.45, 7) is 1.64. The Morgan fingerprint density at radius 2 is 1.83 bits per heavy atom. The smallest absolute Gasteiger partial charge is 0.323 e. The Hall–Kier alpha value is -2.90. The summed E-state index contributed by atoms with van der Waals surface area (Å²) in [5.41, 5.74) is 0.620. The van der Waals surface area contributed by atoms with Crippen molar-refractivity contribution in [3.63, 3.8) is 0 Å². The zero-order valence-electron chi connectivity index (χ0n) is 16.4. The number of halogens is 1. The molecule has 30 heavy (non-hydrogen) atoms. The normalized spacial score (nSPS) is 21.7. The first-order chi connectivity index (χ1) is 14.5. The van der Waals surface area contributed by atoms with Gasteiger partial charge >= 0.3 is 6.03 Å². The van der Waals surface area contributed by atoms with Crippen LogP contribution in [0.1, 0.15) is 18.4 Å². The van der Waals surface area contributed by atoms with E-state index >= 15 is 0 Å². The topological polar surface area (TPSA) is 81.8 Å². The lowest BCUT2D eigenvalue weighted by atomic mass is 9.88. The van der Waals surface area contributed by atoms with Gasteiger partial charge in [0, 0.05) is 13.1 Å². The molecule has 2 saturated heterocycles. The van der Waals surface area contributed by atoms with Crippen LogP contribution < -0.4 is 10.6 Å². The highest BCUT2D eigenvalue weighted by Gasteiger charge is 2.53. The lowest BCUT2D eigenvalue weighted by molar-refractivity contribution is -0.135. The number of anilines is 1. The highest BCUT2D eigenvalue weighted by molar-refractivity contribution is 6.33. The molecule has 2 N–H and O–H groups in total. The van der Waals surface area contributed by atoms with Crippen LogP contribution in [-0.4, -0.2) is 52.8 Å². The second kappa shape index (κ2) is 8.45. The number of likely N-dealkylation sites (tertiary alicyclic amines) is 1. The Kier molecular flexibility index (Phi) is 5.74. The Labute approximate surface area is 180 Å². The van der Waals surface area contributed by atoms with Crippen molar-refractivity contribution in [2.45, 2.75) is 24.9 Å². The summed E-state index contributed by atoms with van der Waals surface area (Å²) in [4.78, 5) is 41.3. The molecule has 1 spiro atoms. The van der Waals surface area contributed by atoms with E-state index in [0.717, 1.165) is 23.4 Å². The van der Waals surface area contributed by atoms with Crippen LogP contribution >= 0.6 is 11.6 Å². The molecule has 2 aliphatic heterocycles. The first-order valence-electron chi connectivity index (χ1n) is 9.92. The molecule has 0 bridgehead atoms. The van der Waals surface area contributed by atoms with Crippen LogP contribution in [0, 0.1) is 0 Å². The zero-order valence-corrected chi connectivity index (χ0v) is 17.2. The molecular weight excluding hydrogens is 404 g/mol. The van der Waals surface area contributed by atoms with Crippen molar-refractivity contribution in [3.05, 3.63) is 65.2 Å². The number of imide groups is 1. The molecule has 4 amide bonds. The van der Waals surface area contributed by atoms with Gasteiger partial charge in [-0.2, -0.15) is 0 Å². The molecule has 7 nitrogen and oxygen atoms in total. The molecule has 2 heterocycles. The average Bonchev–Trinajstić information content (AvgIpc) is 2.94. The Bertz CT molecular complexity index is 968. The van der Waals surface area contributed by atoms with Gasteiger partial charge in [0.25, 0.3) is 5.91 Å². The van der Waals surface area contributed by atoms with Crippen molar-refractivity contribution in [1.82, 2.24) is 15.1 Å².